The summed E-state index contributed by atoms with van der Waals surface area (Å²) in [4.78, 5) is 16.5. The molecule has 23 heavy (non-hydrogen) atoms. The first-order chi connectivity index (χ1) is 11.3. The zero-order chi connectivity index (χ0) is 16.3. The van der Waals surface area contributed by atoms with E-state index in [9.17, 15) is 4.79 Å². The van der Waals surface area contributed by atoms with Crippen molar-refractivity contribution in [2.24, 2.45) is 0 Å². The highest BCUT2D eigenvalue weighted by atomic mass is 32.1. The Morgan fingerprint density at radius 1 is 1.04 bits per heavy atom. The number of amides is 1. The predicted molar refractivity (Wildman–Crippen MR) is 97.9 cm³/mol. The lowest BCUT2D eigenvalue weighted by Crippen LogP contribution is -2.24. The number of carbonyl (C=O) groups excluding carboxylic acids is 1. The highest BCUT2D eigenvalue weighted by Gasteiger charge is 2.10. The molecule has 3 nitrogen and oxygen atoms in total. The van der Waals surface area contributed by atoms with Crippen LogP contribution in [-0.2, 0) is 0 Å². The Kier molecular flexibility index (Phi) is 7.81. The lowest BCUT2D eigenvalue weighted by Gasteiger charge is -2.03. The van der Waals surface area contributed by atoms with Crippen molar-refractivity contribution in [3.8, 4) is 10.6 Å². The Labute approximate surface area is 143 Å². The fraction of sp³-hybridized carbons (Fsp3) is 0.474. The second kappa shape index (κ2) is 10.2. The van der Waals surface area contributed by atoms with E-state index in [2.05, 4.69) is 17.2 Å². The summed E-state index contributed by atoms with van der Waals surface area (Å²) in [7, 11) is 0. The van der Waals surface area contributed by atoms with E-state index in [4.69, 9.17) is 0 Å². The van der Waals surface area contributed by atoms with Gasteiger partial charge in [-0.3, -0.25) is 4.79 Å². The third-order valence-electron chi connectivity index (χ3n) is 3.82. The fourth-order valence-electron chi connectivity index (χ4n) is 2.47. The van der Waals surface area contributed by atoms with Gasteiger partial charge in [0.05, 0.1) is 0 Å². The van der Waals surface area contributed by atoms with E-state index in [0.717, 1.165) is 23.5 Å². The number of rotatable bonds is 10. The summed E-state index contributed by atoms with van der Waals surface area (Å²) in [5.74, 6) is -0.0607. The summed E-state index contributed by atoms with van der Waals surface area (Å²) in [5, 5.41) is 5.70. The molecule has 2 rings (SSSR count). The SMILES string of the molecule is CCCCCCCCCNC(=O)c1csc(-c2ccccc2)n1. The van der Waals surface area contributed by atoms with Gasteiger partial charge >= 0.3 is 0 Å². The van der Waals surface area contributed by atoms with Crippen LogP contribution in [0.15, 0.2) is 35.7 Å². The van der Waals surface area contributed by atoms with E-state index in [1.165, 1.54) is 49.9 Å². The molecular formula is C19H26N2OS. The van der Waals surface area contributed by atoms with E-state index >= 15 is 0 Å². The molecule has 1 heterocycles. The number of thiazole rings is 1. The largest absolute Gasteiger partial charge is 0.351 e. The first-order valence-electron chi connectivity index (χ1n) is 8.60. The van der Waals surface area contributed by atoms with Crippen molar-refractivity contribution in [1.82, 2.24) is 10.3 Å². The van der Waals surface area contributed by atoms with Crippen LogP contribution in [0.2, 0.25) is 0 Å². The highest BCUT2D eigenvalue weighted by molar-refractivity contribution is 7.13. The summed E-state index contributed by atoms with van der Waals surface area (Å²) in [6.45, 7) is 2.97. The number of nitrogens with zero attached hydrogens (tertiary/aromatic N) is 1. The molecule has 0 aliphatic heterocycles. The van der Waals surface area contributed by atoms with Gasteiger partial charge in [-0.2, -0.15) is 0 Å². The molecule has 1 aromatic carbocycles. The molecule has 0 saturated heterocycles. The molecule has 1 N–H and O–H groups in total. The maximum Gasteiger partial charge on any atom is 0.270 e. The molecule has 0 saturated carbocycles. The lowest BCUT2D eigenvalue weighted by molar-refractivity contribution is 0.0948. The van der Waals surface area contributed by atoms with Crippen molar-refractivity contribution < 1.29 is 4.79 Å². The van der Waals surface area contributed by atoms with Gasteiger partial charge in [-0.05, 0) is 6.42 Å². The zero-order valence-electron chi connectivity index (χ0n) is 13.9. The second-order valence-electron chi connectivity index (χ2n) is 5.78. The lowest BCUT2D eigenvalue weighted by atomic mass is 10.1. The Morgan fingerprint density at radius 2 is 1.74 bits per heavy atom. The third-order valence-corrected chi connectivity index (χ3v) is 4.71. The van der Waals surface area contributed by atoms with E-state index < -0.39 is 0 Å². The Balaban J connectivity index is 1.67. The van der Waals surface area contributed by atoms with E-state index in [-0.39, 0.29) is 5.91 Å². The van der Waals surface area contributed by atoms with Crippen molar-refractivity contribution in [2.45, 2.75) is 51.9 Å². The van der Waals surface area contributed by atoms with Crippen LogP contribution in [0.4, 0.5) is 0 Å². The zero-order valence-corrected chi connectivity index (χ0v) is 14.7. The molecule has 1 aromatic heterocycles. The van der Waals surface area contributed by atoms with Crippen LogP contribution in [0.5, 0.6) is 0 Å². The normalized spacial score (nSPS) is 10.7. The molecule has 0 fully saturated rings. The number of nitrogens with one attached hydrogen (secondary N) is 1. The molecule has 0 spiro atoms. The van der Waals surface area contributed by atoms with Crippen molar-refractivity contribution in [3.05, 3.63) is 41.4 Å². The van der Waals surface area contributed by atoms with Crippen LogP contribution in [0.3, 0.4) is 0 Å². The van der Waals surface area contributed by atoms with Gasteiger partial charge in [0.1, 0.15) is 10.7 Å². The van der Waals surface area contributed by atoms with Gasteiger partial charge in [0.25, 0.3) is 5.91 Å². The minimum absolute atomic E-state index is 0.0607. The smallest absolute Gasteiger partial charge is 0.270 e. The summed E-state index contributed by atoms with van der Waals surface area (Å²) < 4.78 is 0. The molecule has 0 radical (unpaired) electrons. The summed E-state index contributed by atoms with van der Waals surface area (Å²) >= 11 is 1.51. The van der Waals surface area contributed by atoms with Gasteiger partial charge < -0.3 is 5.32 Å². The monoisotopic (exact) mass is 330 g/mol. The molecule has 4 heteroatoms. The number of aromatic nitrogens is 1. The van der Waals surface area contributed by atoms with E-state index in [1.54, 1.807) is 0 Å². The number of hydrogen-bond acceptors (Lipinski definition) is 3. The van der Waals surface area contributed by atoms with Crippen LogP contribution in [-0.4, -0.2) is 17.4 Å². The van der Waals surface area contributed by atoms with Crippen molar-refractivity contribution in [2.75, 3.05) is 6.54 Å². The molecule has 2 aromatic rings. The topological polar surface area (TPSA) is 42.0 Å². The van der Waals surface area contributed by atoms with E-state index in [0.29, 0.717) is 5.69 Å². The molecule has 1 amide bonds. The summed E-state index contributed by atoms with van der Waals surface area (Å²) in [5.41, 5.74) is 1.58. The fourth-order valence-corrected chi connectivity index (χ4v) is 3.27. The maximum atomic E-state index is 12.1. The highest BCUT2D eigenvalue weighted by Crippen LogP contribution is 2.23. The van der Waals surface area contributed by atoms with Crippen LogP contribution in [0, 0.1) is 0 Å². The quantitative estimate of drug-likeness (QED) is 0.601. The van der Waals surface area contributed by atoms with Crippen LogP contribution < -0.4 is 5.32 Å². The summed E-state index contributed by atoms with van der Waals surface area (Å²) in [6.07, 6.45) is 8.78. The summed E-state index contributed by atoms with van der Waals surface area (Å²) in [6, 6.07) is 9.97. The van der Waals surface area contributed by atoms with Gasteiger partial charge in [0.2, 0.25) is 0 Å². The molecule has 0 bridgehead atoms. The van der Waals surface area contributed by atoms with E-state index in [1.807, 2.05) is 35.7 Å². The molecule has 124 valence electrons. The molecule has 0 unspecified atom stereocenters. The van der Waals surface area contributed by atoms with Gasteiger partial charge in [-0.15, -0.1) is 11.3 Å². The second-order valence-corrected chi connectivity index (χ2v) is 6.64. The Morgan fingerprint density at radius 3 is 2.48 bits per heavy atom. The van der Waals surface area contributed by atoms with Gasteiger partial charge in [0.15, 0.2) is 0 Å². The number of benzene rings is 1. The Bertz CT molecular complexity index is 580. The predicted octanol–water partition coefficient (Wildman–Crippen LogP) is 5.29. The molecule has 0 atom stereocenters. The molecular weight excluding hydrogens is 304 g/mol. The minimum atomic E-state index is -0.0607. The standard InChI is InChI=1S/C19H26N2OS/c1-2-3-4-5-6-7-11-14-20-18(22)17-15-23-19(21-17)16-12-9-8-10-13-16/h8-10,12-13,15H,2-7,11,14H2,1H3,(H,20,22). The Hall–Kier alpha value is -1.68. The third kappa shape index (κ3) is 6.14. The van der Waals surface area contributed by atoms with Crippen LogP contribution in [0.25, 0.3) is 10.6 Å². The first-order valence-corrected chi connectivity index (χ1v) is 9.48. The maximum absolute atomic E-state index is 12.1. The first kappa shape index (κ1) is 17.7. The van der Waals surface area contributed by atoms with Gasteiger partial charge in [-0.25, -0.2) is 4.98 Å². The van der Waals surface area contributed by atoms with Crippen molar-refractivity contribution in [1.29, 1.82) is 0 Å². The van der Waals surface area contributed by atoms with Crippen molar-refractivity contribution >= 4 is 17.2 Å². The van der Waals surface area contributed by atoms with Crippen LogP contribution >= 0.6 is 11.3 Å². The number of unbranched alkanes of at least 4 members (excludes halogenated alkanes) is 6. The minimum Gasteiger partial charge on any atom is -0.351 e. The van der Waals surface area contributed by atoms with Crippen molar-refractivity contribution in [3.63, 3.8) is 0 Å². The van der Waals surface area contributed by atoms with Crippen LogP contribution in [0.1, 0.15) is 62.4 Å². The molecule has 0 aliphatic carbocycles. The average molecular weight is 330 g/mol. The number of carbonyl (C=O) groups is 1. The van der Waals surface area contributed by atoms with Gasteiger partial charge in [-0.1, -0.05) is 75.8 Å². The number of hydrogen-bond donors (Lipinski definition) is 1. The van der Waals surface area contributed by atoms with Gasteiger partial charge in [0, 0.05) is 17.5 Å². The molecule has 0 aliphatic rings. The average Bonchev–Trinajstić information content (AvgIpc) is 3.08.